The maximum Gasteiger partial charge on any atom is 0.259 e. The Labute approximate surface area is 172 Å². The van der Waals surface area contributed by atoms with Crippen LogP contribution in [0.1, 0.15) is 27.4 Å². The number of para-hydroxylation sites is 1. The molecule has 0 atom stereocenters. The fraction of sp³-hybridized carbons (Fsp3) is 0.136. The minimum absolute atomic E-state index is 0.232. The first kappa shape index (κ1) is 18.9. The van der Waals surface area contributed by atoms with Gasteiger partial charge in [-0.15, -0.1) is 11.3 Å². The molecule has 0 aliphatic carbocycles. The van der Waals surface area contributed by atoms with Crippen molar-refractivity contribution in [2.24, 2.45) is 0 Å². The lowest BCUT2D eigenvalue weighted by Crippen LogP contribution is -2.14. The number of nitrogens with one attached hydrogen (secondary N) is 1. The van der Waals surface area contributed by atoms with Crippen molar-refractivity contribution < 1.29 is 9.53 Å². The molecule has 6 nitrogen and oxygen atoms in total. The minimum Gasteiger partial charge on any atom is -0.486 e. The summed E-state index contributed by atoms with van der Waals surface area (Å²) >= 11 is 1.51. The molecule has 0 fully saturated rings. The van der Waals surface area contributed by atoms with Gasteiger partial charge in [0.05, 0.1) is 28.1 Å². The largest absolute Gasteiger partial charge is 0.486 e. The summed E-state index contributed by atoms with van der Waals surface area (Å²) in [6.45, 7) is 4.28. The molecule has 4 rings (SSSR count). The van der Waals surface area contributed by atoms with Gasteiger partial charge in [0.1, 0.15) is 12.4 Å². The normalized spacial score (nSPS) is 10.7. The smallest absolute Gasteiger partial charge is 0.259 e. The van der Waals surface area contributed by atoms with Gasteiger partial charge >= 0.3 is 0 Å². The number of amides is 1. The van der Waals surface area contributed by atoms with Gasteiger partial charge in [-0.1, -0.05) is 18.2 Å². The zero-order chi connectivity index (χ0) is 20.2. The third kappa shape index (κ3) is 4.35. The number of thiazole rings is 1. The molecule has 0 saturated heterocycles. The molecule has 2 aromatic heterocycles. The SMILES string of the molecule is Cc1cc(C)n(-c2cccc(NC(=O)c3ccccc3OCc3cscn3)c2)n1. The third-order valence-corrected chi connectivity index (χ3v) is 4.98. The fourth-order valence-electron chi connectivity index (χ4n) is 3.04. The Morgan fingerprint density at radius 3 is 2.76 bits per heavy atom. The monoisotopic (exact) mass is 404 g/mol. The van der Waals surface area contributed by atoms with E-state index in [0.29, 0.717) is 23.6 Å². The van der Waals surface area contributed by atoms with Crippen molar-refractivity contribution in [1.82, 2.24) is 14.8 Å². The van der Waals surface area contributed by atoms with Gasteiger partial charge in [-0.3, -0.25) is 4.79 Å². The first-order valence-corrected chi connectivity index (χ1v) is 10.1. The minimum atomic E-state index is -0.232. The number of aromatic nitrogens is 3. The number of hydrogen-bond donors (Lipinski definition) is 1. The molecular formula is C22H20N4O2S. The van der Waals surface area contributed by atoms with Crippen molar-refractivity contribution >= 4 is 22.9 Å². The van der Waals surface area contributed by atoms with Gasteiger partial charge in [-0.25, -0.2) is 9.67 Å². The van der Waals surface area contributed by atoms with E-state index in [4.69, 9.17) is 4.74 Å². The van der Waals surface area contributed by atoms with E-state index in [1.54, 1.807) is 17.6 Å². The number of hydrogen-bond acceptors (Lipinski definition) is 5. The molecule has 4 aromatic rings. The number of benzene rings is 2. The first-order chi connectivity index (χ1) is 14.1. The van der Waals surface area contributed by atoms with Crippen molar-refractivity contribution in [3.05, 3.63) is 88.1 Å². The van der Waals surface area contributed by atoms with Crippen molar-refractivity contribution in [3.8, 4) is 11.4 Å². The molecule has 1 N–H and O–H groups in total. The van der Waals surface area contributed by atoms with Crippen LogP contribution in [0.15, 0.2) is 65.5 Å². The number of carbonyl (C=O) groups excluding carboxylic acids is 1. The predicted octanol–water partition coefficient (Wildman–Crippen LogP) is 4.78. The summed E-state index contributed by atoms with van der Waals surface area (Å²) in [6, 6.07) is 16.8. The van der Waals surface area contributed by atoms with Gasteiger partial charge < -0.3 is 10.1 Å². The van der Waals surface area contributed by atoms with Gasteiger partial charge in [0, 0.05) is 16.8 Å². The molecule has 0 spiro atoms. The lowest BCUT2D eigenvalue weighted by molar-refractivity contribution is 0.102. The molecule has 146 valence electrons. The molecule has 2 heterocycles. The number of anilines is 1. The highest BCUT2D eigenvalue weighted by atomic mass is 32.1. The summed E-state index contributed by atoms with van der Waals surface area (Å²) in [5.74, 6) is 0.289. The van der Waals surface area contributed by atoms with Crippen molar-refractivity contribution in [2.45, 2.75) is 20.5 Å². The highest BCUT2D eigenvalue weighted by Crippen LogP contribution is 2.22. The maximum absolute atomic E-state index is 12.9. The van der Waals surface area contributed by atoms with Crippen molar-refractivity contribution in [3.63, 3.8) is 0 Å². The number of ether oxygens (including phenoxy) is 1. The Morgan fingerprint density at radius 2 is 2.00 bits per heavy atom. The van der Waals surface area contributed by atoms with Crippen LogP contribution in [-0.2, 0) is 6.61 Å². The van der Waals surface area contributed by atoms with E-state index in [1.807, 2.05) is 66.4 Å². The van der Waals surface area contributed by atoms with E-state index < -0.39 is 0 Å². The van der Waals surface area contributed by atoms with Gasteiger partial charge in [-0.05, 0) is 50.2 Å². The quantitative estimate of drug-likeness (QED) is 0.502. The molecule has 0 unspecified atom stereocenters. The Kier molecular flexibility index (Phi) is 5.39. The standard InChI is InChI=1S/C22H20N4O2S/c1-15-10-16(2)26(25-15)19-7-5-6-17(11-19)24-22(27)20-8-3-4-9-21(20)28-12-18-13-29-14-23-18/h3-11,13-14H,12H2,1-2H3,(H,24,27). The van der Waals surface area contributed by atoms with E-state index in [1.165, 1.54) is 11.3 Å². The molecule has 2 aromatic carbocycles. The highest BCUT2D eigenvalue weighted by Gasteiger charge is 2.13. The van der Waals surface area contributed by atoms with Gasteiger partial charge in [0.15, 0.2) is 0 Å². The molecule has 0 bridgehead atoms. The molecule has 29 heavy (non-hydrogen) atoms. The van der Waals surface area contributed by atoms with Crippen LogP contribution in [0.5, 0.6) is 5.75 Å². The summed E-state index contributed by atoms with van der Waals surface area (Å²) in [4.78, 5) is 17.1. The second-order valence-corrected chi connectivity index (χ2v) is 7.33. The maximum atomic E-state index is 12.9. The summed E-state index contributed by atoms with van der Waals surface area (Å²) in [5, 5.41) is 9.38. The molecular weight excluding hydrogens is 384 g/mol. The summed E-state index contributed by atoms with van der Waals surface area (Å²) in [6.07, 6.45) is 0. The zero-order valence-corrected chi connectivity index (χ0v) is 16.9. The third-order valence-electron chi connectivity index (χ3n) is 4.35. The van der Waals surface area contributed by atoms with Crippen LogP contribution in [0.2, 0.25) is 0 Å². The highest BCUT2D eigenvalue weighted by molar-refractivity contribution is 7.07. The molecule has 1 amide bonds. The lowest BCUT2D eigenvalue weighted by atomic mass is 10.1. The Balaban J connectivity index is 1.53. The average molecular weight is 404 g/mol. The Bertz CT molecular complexity index is 1140. The molecule has 7 heteroatoms. The molecule has 0 radical (unpaired) electrons. The summed E-state index contributed by atoms with van der Waals surface area (Å²) < 4.78 is 7.68. The predicted molar refractivity (Wildman–Crippen MR) is 114 cm³/mol. The number of nitrogens with zero attached hydrogens (tertiary/aromatic N) is 3. The van der Waals surface area contributed by atoms with Crippen LogP contribution < -0.4 is 10.1 Å². The van der Waals surface area contributed by atoms with E-state index >= 15 is 0 Å². The summed E-state index contributed by atoms with van der Waals surface area (Å²) in [7, 11) is 0. The number of carbonyl (C=O) groups is 1. The molecule has 0 saturated carbocycles. The van der Waals surface area contributed by atoms with E-state index in [0.717, 1.165) is 22.8 Å². The average Bonchev–Trinajstić information content (AvgIpc) is 3.36. The van der Waals surface area contributed by atoms with Crippen molar-refractivity contribution in [2.75, 3.05) is 5.32 Å². The van der Waals surface area contributed by atoms with E-state index in [2.05, 4.69) is 15.4 Å². The first-order valence-electron chi connectivity index (χ1n) is 9.14. The van der Waals surface area contributed by atoms with Crippen LogP contribution in [0.25, 0.3) is 5.69 Å². The van der Waals surface area contributed by atoms with Crippen LogP contribution in [-0.4, -0.2) is 20.7 Å². The second-order valence-electron chi connectivity index (χ2n) is 6.61. The molecule has 0 aliphatic heterocycles. The van der Waals surface area contributed by atoms with Crippen LogP contribution in [0, 0.1) is 13.8 Å². The van der Waals surface area contributed by atoms with Gasteiger partial charge in [-0.2, -0.15) is 5.10 Å². The van der Waals surface area contributed by atoms with Crippen LogP contribution in [0.3, 0.4) is 0 Å². The lowest BCUT2D eigenvalue weighted by Gasteiger charge is -2.12. The summed E-state index contributed by atoms with van der Waals surface area (Å²) in [5.41, 5.74) is 6.63. The Hall–Kier alpha value is -3.45. The topological polar surface area (TPSA) is 69.0 Å². The number of rotatable bonds is 6. The number of aryl methyl sites for hydroxylation is 2. The van der Waals surface area contributed by atoms with Gasteiger partial charge in [0.25, 0.3) is 5.91 Å². The van der Waals surface area contributed by atoms with Gasteiger partial charge in [0.2, 0.25) is 0 Å². The van der Waals surface area contributed by atoms with Crippen LogP contribution in [0.4, 0.5) is 5.69 Å². The van der Waals surface area contributed by atoms with Crippen molar-refractivity contribution in [1.29, 1.82) is 0 Å². The fourth-order valence-corrected chi connectivity index (χ4v) is 3.59. The van der Waals surface area contributed by atoms with E-state index in [-0.39, 0.29) is 5.91 Å². The molecule has 0 aliphatic rings. The van der Waals surface area contributed by atoms with E-state index in [9.17, 15) is 4.79 Å². The second kappa shape index (κ2) is 8.28. The Morgan fingerprint density at radius 1 is 1.14 bits per heavy atom. The van der Waals surface area contributed by atoms with Crippen LogP contribution >= 0.6 is 11.3 Å². The zero-order valence-electron chi connectivity index (χ0n) is 16.1.